The highest BCUT2D eigenvalue weighted by atomic mass is 32.2. The minimum atomic E-state index is 0.206. The number of hydrogen-bond donors (Lipinski definition) is 2. The van der Waals surface area contributed by atoms with Crippen molar-refractivity contribution in [2.24, 2.45) is 0 Å². The van der Waals surface area contributed by atoms with E-state index in [0.29, 0.717) is 23.0 Å². The van der Waals surface area contributed by atoms with Gasteiger partial charge < -0.3 is 10.6 Å². The Balaban J connectivity index is 1.38. The normalized spacial score (nSPS) is 26.2. The molecule has 1 aliphatic carbocycles. The summed E-state index contributed by atoms with van der Waals surface area (Å²) in [6.07, 6.45) is 3.47. The number of piperidine rings is 1. The van der Waals surface area contributed by atoms with Crippen LogP contribution in [0.15, 0.2) is 30.3 Å². The predicted molar refractivity (Wildman–Crippen MR) is 84.1 cm³/mol. The van der Waals surface area contributed by atoms with E-state index in [4.69, 9.17) is 0 Å². The maximum atomic E-state index is 12.0. The minimum Gasteiger partial charge on any atom is -0.352 e. The van der Waals surface area contributed by atoms with E-state index in [1.54, 1.807) is 0 Å². The Hall–Kier alpha value is -1.00. The van der Waals surface area contributed by atoms with Gasteiger partial charge >= 0.3 is 0 Å². The molecule has 20 heavy (non-hydrogen) atoms. The summed E-state index contributed by atoms with van der Waals surface area (Å²) in [7, 11) is 0. The summed E-state index contributed by atoms with van der Waals surface area (Å²) < 4.78 is 0. The molecule has 1 amide bonds. The number of benzene rings is 1. The Kier molecular flexibility index (Phi) is 4.63. The van der Waals surface area contributed by atoms with E-state index >= 15 is 0 Å². The van der Waals surface area contributed by atoms with Crippen LogP contribution in [0.1, 0.15) is 30.7 Å². The Morgan fingerprint density at radius 1 is 1.25 bits per heavy atom. The average Bonchev–Trinajstić information content (AvgIpc) is 3.26. The monoisotopic (exact) mass is 290 g/mol. The lowest BCUT2D eigenvalue weighted by Crippen LogP contribution is -2.32. The zero-order chi connectivity index (χ0) is 13.8. The SMILES string of the molecule is O=C(CSC1CCNCC1)NC1CC1c1ccccc1. The van der Waals surface area contributed by atoms with E-state index in [9.17, 15) is 4.79 Å². The number of carbonyl (C=O) groups excluding carboxylic acids is 1. The molecule has 4 heteroatoms. The van der Waals surface area contributed by atoms with Crippen LogP contribution in [0.5, 0.6) is 0 Å². The van der Waals surface area contributed by atoms with Gasteiger partial charge in [0, 0.05) is 17.2 Å². The molecule has 2 fully saturated rings. The highest BCUT2D eigenvalue weighted by Gasteiger charge is 2.39. The predicted octanol–water partition coefficient (Wildman–Crippen LogP) is 2.14. The molecule has 0 spiro atoms. The number of carbonyl (C=O) groups is 1. The van der Waals surface area contributed by atoms with Crippen molar-refractivity contribution < 1.29 is 4.79 Å². The van der Waals surface area contributed by atoms with Crippen LogP contribution in [-0.4, -0.2) is 36.0 Å². The van der Waals surface area contributed by atoms with Gasteiger partial charge in [-0.25, -0.2) is 0 Å². The number of amides is 1. The van der Waals surface area contributed by atoms with Crippen LogP contribution in [0.3, 0.4) is 0 Å². The maximum Gasteiger partial charge on any atom is 0.230 e. The molecule has 2 unspecified atom stereocenters. The minimum absolute atomic E-state index is 0.206. The van der Waals surface area contributed by atoms with Gasteiger partial charge in [-0.1, -0.05) is 30.3 Å². The van der Waals surface area contributed by atoms with Gasteiger partial charge in [0.15, 0.2) is 0 Å². The third kappa shape index (κ3) is 3.76. The molecule has 1 aromatic carbocycles. The van der Waals surface area contributed by atoms with Crippen LogP contribution in [0, 0.1) is 0 Å². The van der Waals surface area contributed by atoms with E-state index < -0.39 is 0 Å². The summed E-state index contributed by atoms with van der Waals surface area (Å²) in [6.45, 7) is 2.19. The largest absolute Gasteiger partial charge is 0.352 e. The van der Waals surface area contributed by atoms with Crippen molar-refractivity contribution in [2.45, 2.75) is 36.5 Å². The molecule has 1 aliphatic heterocycles. The molecule has 108 valence electrons. The van der Waals surface area contributed by atoms with E-state index in [1.165, 1.54) is 18.4 Å². The Labute approximate surface area is 124 Å². The van der Waals surface area contributed by atoms with Crippen molar-refractivity contribution in [2.75, 3.05) is 18.8 Å². The summed E-state index contributed by atoms with van der Waals surface area (Å²) in [5, 5.41) is 7.18. The summed E-state index contributed by atoms with van der Waals surface area (Å²) in [6, 6.07) is 10.8. The van der Waals surface area contributed by atoms with Crippen molar-refractivity contribution >= 4 is 17.7 Å². The molecule has 1 heterocycles. The van der Waals surface area contributed by atoms with Crippen LogP contribution in [-0.2, 0) is 4.79 Å². The zero-order valence-electron chi connectivity index (χ0n) is 11.7. The summed E-state index contributed by atoms with van der Waals surface area (Å²) in [5.41, 5.74) is 1.35. The molecular weight excluding hydrogens is 268 g/mol. The van der Waals surface area contributed by atoms with Crippen molar-refractivity contribution in [3.8, 4) is 0 Å². The third-order valence-corrected chi connectivity index (χ3v) is 5.47. The van der Waals surface area contributed by atoms with Gasteiger partial charge in [0.25, 0.3) is 0 Å². The van der Waals surface area contributed by atoms with Crippen LogP contribution in [0.4, 0.5) is 0 Å². The lowest BCUT2D eigenvalue weighted by atomic mass is 10.1. The highest BCUT2D eigenvalue weighted by Crippen LogP contribution is 2.40. The second-order valence-electron chi connectivity index (χ2n) is 5.69. The molecule has 2 atom stereocenters. The van der Waals surface area contributed by atoms with Crippen molar-refractivity contribution in [3.63, 3.8) is 0 Å². The number of rotatable bonds is 5. The van der Waals surface area contributed by atoms with Crippen LogP contribution in [0.25, 0.3) is 0 Å². The van der Waals surface area contributed by atoms with Gasteiger partial charge in [-0.2, -0.15) is 0 Å². The van der Waals surface area contributed by atoms with Gasteiger partial charge in [0.2, 0.25) is 5.91 Å². The fourth-order valence-electron chi connectivity index (χ4n) is 2.83. The standard InChI is InChI=1S/C16H22N2OS/c19-16(11-20-13-6-8-17-9-7-13)18-15-10-14(15)12-4-2-1-3-5-12/h1-5,13-15,17H,6-11H2,(H,18,19). The molecule has 0 aromatic heterocycles. The molecule has 0 bridgehead atoms. The zero-order valence-corrected chi connectivity index (χ0v) is 12.5. The average molecular weight is 290 g/mol. The van der Waals surface area contributed by atoms with E-state index in [1.807, 2.05) is 17.8 Å². The lowest BCUT2D eigenvalue weighted by Gasteiger charge is -2.21. The molecule has 3 rings (SSSR count). The topological polar surface area (TPSA) is 41.1 Å². The smallest absolute Gasteiger partial charge is 0.230 e. The van der Waals surface area contributed by atoms with Crippen molar-refractivity contribution in [1.29, 1.82) is 0 Å². The quantitative estimate of drug-likeness (QED) is 0.873. The Morgan fingerprint density at radius 3 is 2.75 bits per heavy atom. The molecule has 0 radical (unpaired) electrons. The van der Waals surface area contributed by atoms with E-state index in [-0.39, 0.29) is 5.91 Å². The van der Waals surface area contributed by atoms with Gasteiger partial charge in [-0.15, -0.1) is 11.8 Å². The van der Waals surface area contributed by atoms with Gasteiger partial charge in [0.05, 0.1) is 5.75 Å². The fourth-order valence-corrected chi connectivity index (χ4v) is 3.87. The molecule has 1 aromatic rings. The molecule has 1 saturated heterocycles. The lowest BCUT2D eigenvalue weighted by molar-refractivity contribution is -0.118. The Bertz CT molecular complexity index is 445. The first-order chi connectivity index (χ1) is 9.83. The number of hydrogen-bond acceptors (Lipinski definition) is 3. The Morgan fingerprint density at radius 2 is 2.00 bits per heavy atom. The summed E-state index contributed by atoms with van der Waals surface area (Å²) >= 11 is 1.82. The number of thioether (sulfide) groups is 1. The second-order valence-corrected chi connectivity index (χ2v) is 6.98. The second kappa shape index (κ2) is 6.64. The van der Waals surface area contributed by atoms with Crippen LogP contribution < -0.4 is 10.6 Å². The molecule has 2 aliphatic rings. The first-order valence-corrected chi connectivity index (χ1v) is 8.54. The highest BCUT2D eigenvalue weighted by molar-refractivity contribution is 8.00. The van der Waals surface area contributed by atoms with Crippen LogP contribution >= 0.6 is 11.8 Å². The maximum absolute atomic E-state index is 12.0. The van der Waals surface area contributed by atoms with Gasteiger partial charge in [-0.3, -0.25) is 4.79 Å². The van der Waals surface area contributed by atoms with Crippen molar-refractivity contribution in [3.05, 3.63) is 35.9 Å². The van der Waals surface area contributed by atoms with Gasteiger partial charge in [0.1, 0.15) is 0 Å². The van der Waals surface area contributed by atoms with Crippen molar-refractivity contribution in [1.82, 2.24) is 10.6 Å². The first kappa shape index (κ1) is 14.0. The molecular formula is C16H22N2OS. The fraction of sp³-hybridized carbons (Fsp3) is 0.562. The van der Waals surface area contributed by atoms with Gasteiger partial charge in [-0.05, 0) is 37.9 Å². The van der Waals surface area contributed by atoms with Crippen LogP contribution in [0.2, 0.25) is 0 Å². The van der Waals surface area contributed by atoms with E-state index in [0.717, 1.165) is 19.5 Å². The third-order valence-electron chi connectivity index (χ3n) is 4.10. The molecule has 2 N–H and O–H groups in total. The molecule has 1 saturated carbocycles. The number of nitrogens with one attached hydrogen (secondary N) is 2. The summed E-state index contributed by atoms with van der Waals surface area (Å²) in [4.78, 5) is 12.0. The summed E-state index contributed by atoms with van der Waals surface area (Å²) in [5.74, 6) is 1.35. The van der Waals surface area contributed by atoms with E-state index in [2.05, 4.69) is 34.9 Å². The molecule has 3 nitrogen and oxygen atoms in total. The first-order valence-electron chi connectivity index (χ1n) is 7.49.